The molecule has 0 amide bonds. The van der Waals surface area contributed by atoms with Crippen molar-refractivity contribution in [3.63, 3.8) is 0 Å². The van der Waals surface area contributed by atoms with Crippen LogP contribution >= 0.6 is 11.6 Å². The van der Waals surface area contributed by atoms with E-state index in [-0.39, 0.29) is 16.3 Å². The summed E-state index contributed by atoms with van der Waals surface area (Å²) in [6.07, 6.45) is -4.85. The lowest BCUT2D eigenvalue weighted by Gasteiger charge is -2.14. The van der Waals surface area contributed by atoms with Gasteiger partial charge in [-0.25, -0.2) is 4.68 Å². The predicted octanol–water partition coefficient (Wildman–Crippen LogP) is 2.77. The van der Waals surface area contributed by atoms with Crippen LogP contribution in [0.2, 0.25) is 5.02 Å². The SMILES string of the molecule is N#Cc1c(C(F)(F)F)cc(-c2ccccc2Cl)n(N)c1=O. The number of benzene rings is 1. The molecular formula is C13H7ClF3N3O. The van der Waals surface area contributed by atoms with Gasteiger partial charge in [-0.3, -0.25) is 4.79 Å². The number of nitrogen functional groups attached to an aromatic ring is 1. The van der Waals surface area contributed by atoms with Gasteiger partial charge in [-0.15, -0.1) is 0 Å². The molecule has 2 N–H and O–H groups in total. The van der Waals surface area contributed by atoms with E-state index in [2.05, 4.69) is 0 Å². The summed E-state index contributed by atoms with van der Waals surface area (Å²) < 4.78 is 39.4. The highest BCUT2D eigenvalue weighted by atomic mass is 35.5. The Hall–Kier alpha value is -2.46. The minimum Gasteiger partial charge on any atom is -0.336 e. The molecule has 2 rings (SSSR count). The molecule has 21 heavy (non-hydrogen) atoms. The van der Waals surface area contributed by atoms with E-state index in [1.807, 2.05) is 0 Å². The van der Waals surface area contributed by atoms with Crippen molar-refractivity contribution in [1.29, 1.82) is 5.26 Å². The molecule has 0 aliphatic carbocycles. The Morgan fingerprint density at radius 2 is 1.90 bits per heavy atom. The molecule has 2 aromatic rings. The molecule has 0 aliphatic heterocycles. The van der Waals surface area contributed by atoms with Crippen molar-refractivity contribution >= 4 is 11.6 Å². The highest BCUT2D eigenvalue weighted by Gasteiger charge is 2.36. The van der Waals surface area contributed by atoms with E-state index in [9.17, 15) is 18.0 Å². The van der Waals surface area contributed by atoms with Crippen LogP contribution in [0.4, 0.5) is 13.2 Å². The van der Waals surface area contributed by atoms with Crippen molar-refractivity contribution in [3.8, 4) is 17.3 Å². The maximum Gasteiger partial charge on any atom is 0.417 e. The number of hydrogen-bond donors (Lipinski definition) is 1. The molecule has 0 fully saturated rings. The van der Waals surface area contributed by atoms with Gasteiger partial charge in [-0.1, -0.05) is 29.8 Å². The van der Waals surface area contributed by atoms with Crippen molar-refractivity contribution in [2.24, 2.45) is 0 Å². The van der Waals surface area contributed by atoms with Gasteiger partial charge in [-0.2, -0.15) is 18.4 Å². The topological polar surface area (TPSA) is 71.8 Å². The van der Waals surface area contributed by atoms with E-state index in [4.69, 9.17) is 22.7 Å². The van der Waals surface area contributed by atoms with Crippen LogP contribution in [0.5, 0.6) is 0 Å². The predicted molar refractivity (Wildman–Crippen MR) is 71.0 cm³/mol. The third-order valence-corrected chi connectivity index (χ3v) is 3.14. The van der Waals surface area contributed by atoms with E-state index in [0.717, 1.165) is 0 Å². The van der Waals surface area contributed by atoms with Gasteiger partial charge in [-0.05, 0) is 12.1 Å². The van der Waals surface area contributed by atoms with Gasteiger partial charge < -0.3 is 5.84 Å². The summed E-state index contributed by atoms with van der Waals surface area (Å²) in [5.41, 5.74) is -3.69. The number of halogens is 4. The standard InChI is InChI=1S/C13H7ClF3N3O/c14-10-4-2-1-3-7(10)11-5-9(13(15,16)17)8(6-18)12(21)20(11)19/h1-5H,19H2. The summed E-state index contributed by atoms with van der Waals surface area (Å²) in [6, 6.07) is 7.87. The van der Waals surface area contributed by atoms with Crippen LogP contribution in [0.3, 0.4) is 0 Å². The molecule has 8 heteroatoms. The number of nitrogens with two attached hydrogens (primary N) is 1. The van der Waals surface area contributed by atoms with Crippen LogP contribution < -0.4 is 11.4 Å². The molecule has 0 unspecified atom stereocenters. The first-order chi connectivity index (χ1) is 9.77. The minimum atomic E-state index is -4.85. The van der Waals surface area contributed by atoms with E-state index < -0.39 is 22.9 Å². The van der Waals surface area contributed by atoms with Gasteiger partial charge >= 0.3 is 6.18 Å². The summed E-state index contributed by atoms with van der Waals surface area (Å²) in [7, 11) is 0. The molecule has 0 radical (unpaired) electrons. The zero-order chi connectivity index (χ0) is 15.8. The second-order valence-electron chi connectivity index (χ2n) is 4.08. The van der Waals surface area contributed by atoms with Crippen LogP contribution in [0, 0.1) is 11.3 Å². The molecule has 0 saturated heterocycles. The van der Waals surface area contributed by atoms with Gasteiger partial charge in [0.05, 0.1) is 11.3 Å². The summed E-state index contributed by atoms with van der Waals surface area (Å²) in [6.45, 7) is 0. The smallest absolute Gasteiger partial charge is 0.336 e. The summed E-state index contributed by atoms with van der Waals surface area (Å²) in [4.78, 5) is 11.8. The summed E-state index contributed by atoms with van der Waals surface area (Å²) >= 11 is 5.91. The van der Waals surface area contributed by atoms with Crippen molar-refractivity contribution in [1.82, 2.24) is 4.68 Å². The van der Waals surface area contributed by atoms with Gasteiger partial charge in [0.2, 0.25) is 0 Å². The Labute approximate surface area is 121 Å². The third kappa shape index (κ3) is 2.58. The number of nitriles is 1. The van der Waals surface area contributed by atoms with Crippen molar-refractivity contribution in [3.05, 3.63) is 56.8 Å². The van der Waals surface area contributed by atoms with Crippen molar-refractivity contribution in [2.75, 3.05) is 5.84 Å². The first-order valence-corrected chi connectivity index (χ1v) is 5.92. The molecule has 1 heterocycles. The lowest BCUT2D eigenvalue weighted by Crippen LogP contribution is -2.33. The van der Waals surface area contributed by atoms with Gasteiger partial charge in [0, 0.05) is 10.6 Å². The fourth-order valence-corrected chi connectivity index (χ4v) is 2.06. The number of pyridine rings is 1. The van der Waals surface area contributed by atoms with Crippen LogP contribution in [-0.2, 0) is 6.18 Å². The zero-order valence-corrected chi connectivity index (χ0v) is 11.0. The summed E-state index contributed by atoms with van der Waals surface area (Å²) in [5, 5.41) is 8.89. The molecular weight excluding hydrogens is 307 g/mol. The van der Waals surface area contributed by atoms with E-state index >= 15 is 0 Å². The number of hydrogen-bond acceptors (Lipinski definition) is 3. The lowest BCUT2D eigenvalue weighted by atomic mass is 10.0. The van der Waals surface area contributed by atoms with Crippen molar-refractivity contribution < 1.29 is 13.2 Å². The van der Waals surface area contributed by atoms with Crippen LogP contribution in [-0.4, -0.2) is 4.68 Å². The highest BCUT2D eigenvalue weighted by Crippen LogP contribution is 2.34. The largest absolute Gasteiger partial charge is 0.417 e. The van der Waals surface area contributed by atoms with Gasteiger partial charge in [0.1, 0.15) is 11.6 Å². The maximum atomic E-state index is 13.0. The molecule has 108 valence electrons. The van der Waals surface area contributed by atoms with Crippen LogP contribution in [0.1, 0.15) is 11.1 Å². The molecule has 0 saturated carbocycles. The average molecular weight is 314 g/mol. The second-order valence-corrected chi connectivity index (χ2v) is 4.49. The maximum absolute atomic E-state index is 13.0. The summed E-state index contributed by atoms with van der Waals surface area (Å²) in [5.74, 6) is 5.50. The first kappa shape index (κ1) is 14.9. The van der Waals surface area contributed by atoms with E-state index in [0.29, 0.717) is 10.7 Å². The molecule has 0 aliphatic rings. The molecule has 0 bridgehead atoms. The first-order valence-electron chi connectivity index (χ1n) is 5.54. The Bertz CT molecular complexity index is 806. The lowest BCUT2D eigenvalue weighted by molar-refractivity contribution is -0.137. The molecule has 0 atom stereocenters. The number of alkyl halides is 3. The molecule has 1 aromatic carbocycles. The van der Waals surface area contributed by atoms with E-state index in [1.54, 1.807) is 6.07 Å². The van der Waals surface area contributed by atoms with Gasteiger partial charge in [0.15, 0.2) is 0 Å². The minimum absolute atomic E-state index is 0.133. The normalized spacial score (nSPS) is 11.2. The fraction of sp³-hybridized carbons (Fsp3) is 0.0769. The molecule has 0 spiro atoms. The van der Waals surface area contributed by atoms with Gasteiger partial charge in [0.25, 0.3) is 5.56 Å². The number of aromatic nitrogens is 1. The Kier molecular flexibility index (Phi) is 3.66. The average Bonchev–Trinajstić information content (AvgIpc) is 2.41. The monoisotopic (exact) mass is 313 g/mol. The number of rotatable bonds is 1. The zero-order valence-electron chi connectivity index (χ0n) is 10.3. The molecule has 1 aromatic heterocycles. The van der Waals surface area contributed by atoms with E-state index in [1.165, 1.54) is 24.3 Å². The Morgan fingerprint density at radius 1 is 1.29 bits per heavy atom. The highest BCUT2D eigenvalue weighted by molar-refractivity contribution is 6.33. The quantitative estimate of drug-likeness (QED) is 0.823. The second kappa shape index (κ2) is 5.14. The van der Waals surface area contributed by atoms with Crippen LogP contribution in [0.15, 0.2) is 35.1 Å². The number of nitrogens with zero attached hydrogens (tertiary/aromatic N) is 2. The molecule has 4 nitrogen and oxygen atoms in total. The Balaban J connectivity index is 2.88. The fourth-order valence-electron chi connectivity index (χ4n) is 1.83. The van der Waals surface area contributed by atoms with Crippen molar-refractivity contribution in [2.45, 2.75) is 6.18 Å². The van der Waals surface area contributed by atoms with Crippen LogP contribution in [0.25, 0.3) is 11.3 Å². The Morgan fingerprint density at radius 3 is 2.43 bits per heavy atom. The third-order valence-electron chi connectivity index (χ3n) is 2.81.